The van der Waals surface area contributed by atoms with Gasteiger partial charge in [0.05, 0.1) is 20.0 Å². The van der Waals surface area contributed by atoms with E-state index in [1.807, 2.05) is 25.1 Å². The molecule has 0 bridgehead atoms. The van der Waals surface area contributed by atoms with E-state index in [2.05, 4.69) is 0 Å². The second-order valence-corrected chi connectivity index (χ2v) is 3.09. The quantitative estimate of drug-likeness (QED) is 0.713. The van der Waals surface area contributed by atoms with Crippen molar-refractivity contribution in [2.75, 3.05) is 13.7 Å². The monoisotopic (exact) mass is 212 g/mol. The van der Waals surface area contributed by atoms with Crippen LogP contribution in [-0.4, -0.2) is 13.7 Å². The van der Waals surface area contributed by atoms with E-state index in [0.29, 0.717) is 11.6 Å². The second kappa shape index (κ2) is 5.55. The third kappa shape index (κ3) is 2.96. The van der Waals surface area contributed by atoms with E-state index < -0.39 is 0 Å². The molecule has 76 valence electrons. The first-order valence-electron chi connectivity index (χ1n) is 4.39. The van der Waals surface area contributed by atoms with Crippen LogP contribution in [0, 0.1) is 0 Å². The summed E-state index contributed by atoms with van der Waals surface area (Å²) in [4.78, 5) is 0. The van der Waals surface area contributed by atoms with E-state index in [9.17, 15) is 0 Å². The van der Waals surface area contributed by atoms with E-state index >= 15 is 0 Å². The molecular formula is C11H13ClO2. The maximum atomic E-state index is 5.87. The van der Waals surface area contributed by atoms with Crippen LogP contribution in [-0.2, 0) is 4.74 Å². The molecule has 0 aliphatic carbocycles. The lowest BCUT2D eigenvalue weighted by molar-refractivity contribution is 0.336. The Hall–Kier alpha value is -1.15. The molecule has 0 heterocycles. The van der Waals surface area contributed by atoms with Crippen LogP contribution in [0.3, 0.4) is 0 Å². The van der Waals surface area contributed by atoms with Crippen LogP contribution in [0.25, 0.3) is 6.08 Å². The molecule has 1 rings (SSSR count). The van der Waals surface area contributed by atoms with Gasteiger partial charge in [-0.2, -0.15) is 0 Å². The summed E-state index contributed by atoms with van der Waals surface area (Å²) < 4.78 is 10.3. The highest BCUT2D eigenvalue weighted by Crippen LogP contribution is 2.24. The van der Waals surface area contributed by atoms with E-state index in [0.717, 1.165) is 11.3 Å². The number of rotatable bonds is 4. The smallest absolute Gasteiger partial charge is 0.126 e. The van der Waals surface area contributed by atoms with Crippen molar-refractivity contribution >= 4 is 17.7 Å². The summed E-state index contributed by atoms with van der Waals surface area (Å²) in [6, 6.07) is 5.49. The Bertz CT molecular complexity index is 321. The lowest BCUT2D eigenvalue weighted by atomic mass is 10.2. The highest BCUT2D eigenvalue weighted by molar-refractivity contribution is 6.30. The largest absolute Gasteiger partial charge is 0.504 e. The third-order valence-corrected chi connectivity index (χ3v) is 1.89. The van der Waals surface area contributed by atoms with Crippen LogP contribution in [0.5, 0.6) is 5.75 Å². The van der Waals surface area contributed by atoms with Gasteiger partial charge in [0.15, 0.2) is 0 Å². The minimum absolute atomic E-state index is 0.634. The molecule has 1 aromatic carbocycles. The summed E-state index contributed by atoms with van der Waals surface area (Å²) in [7, 11) is 1.60. The van der Waals surface area contributed by atoms with Crippen molar-refractivity contribution < 1.29 is 9.47 Å². The lowest BCUT2D eigenvalue weighted by Crippen LogP contribution is -1.93. The molecule has 0 N–H and O–H groups in total. The second-order valence-electron chi connectivity index (χ2n) is 2.65. The number of methoxy groups -OCH3 is 1. The summed E-state index contributed by atoms with van der Waals surface area (Å²) in [6.07, 6.45) is 3.41. The van der Waals surface area contributed by atoms with Crippen molar-refractivity contribution in [1.29, 1.82) is 0 Å². The Morgan fingerprint density at radius 2 is 2.21 bits per heavy atom. The molecule has 0 amide bonds. The van der Waals surface area contributed by atoms with Crippen LogP contribution >= 0.6 is 11.6 Å². The number of hydrogen-bond donors (Lipinski definition) is 0. The molecule has 0 saturated heterocycles. The van der Waals surface area contributed by atoms with Gasteiger partial charge in [-0.1, -0.05) is 11.6 Å². The van der Waals surface area contributed by atoms with Gasteiger partial charge in [0, 0.05) is 10.6 Å². The highest BCUT2D eigenvalue weighted by atomic mass is 35.5. The SMILES string of the molecule is CCOc1ccc(Cl)cc1/C=C/OC. The topological polar surface area (TPSA) is 18.5 Å². The number of halogens is 1. The molecule has 0 aliphatic rings. The van der Waals surface area contributed by atoms with Crippen LogP contribution in [0.1, 0.15) is 12.5 Å². The Morgan fingerprint density at radius 3 is 2.86 bits per heavy atom. The molecular weight excluding hydrogens is 200 g/mol. The Labute approximate surface area is 89.1 Å². The van der Waals surface area contributed by atoms with Crippen molar-refractivity contribution in [3.8, 4) is 5.75 Å². The average Bonchev–Trinajstić information content (AvgIpc) is 2.18. The summed E-state index contributed by atoms with van der Waals surface area (Å²) in [5.74, 6) is 0.810. The normalized spacial score (nSPS) is 10.5. The van der Waals surface area contributed by atoms with Gasteiger partial charge in [0.1, 0.15) is 5.75 Å². The standard InChI is InChI=1S/C11H13ClO2/c1-3-14-11-5-4-10(12)8-9(11)6-7-13-2/h4-8H,3H2,1-2H3/b7-6+. The minimum Gasteiger partial charge on any atom is -0.504 e. The Balaban J connectivity index is 2.96. The molecule has 0 aromatic heterocycles. The molecule has 0 unspecified atom stereocenters. The molecule has 0 fully saturated rings. The third-order valence-electron chi connectivity index (χ3n) is 1.66. The van der Waals surface area contributed by atoms with Gasteiger partial charge in [-0.25, -0.2) is 0 Å². The van der Waals surface area contributed by atoms with Crippen LogP contribution < -0.4 is 4.74 Å². The fraction of sp³-hybridized carbons (Fsp3) is 0.273. The molecule has 0 aliphatic heterocycles. The van der Waals surface area contributed by atoms with Gasteiger partial charge >= 0.3 is 0 Å². The maximum absolute atomic E-state index is 5.87. The van der Waals surface area contributed by atoms with Gasteiger partial charge in [-0.3, -0.25) is 0 Å². The highest BCUT2D eigenvalue weighted by Gasteiger charge is 2.00. The molecule has 0 atom stereocenters. The number of hydrogen-bond acceptors (Lipinski definition) is 2. The first-order valence-corrected chi connectivity index (χ1v) is 4.77. The van der Waals surface area contributed by atoms with Crippen molar-refractivity contribution in [2.24, 2.45) is 0 Å². The van der Waals surface area contributed by atoms with E-state index in [1.165, 1.54) is 0 Å². The predicted molar refractivity (Wildman–Crippen MR) is 58.7 cm³/mol. The fourth-order valence-corrected chi connectivity index (χ4v) is 1.26. The molecule has 0 spiro atoms. The van der Waals surface area contributed by atoms with Gasteiger partial charge in [0.2, 0.25) is 0 Å². The summed E-state index contributed by atoms with van der Waals surface area (Å²) >= 11 is 5.87. The van der Waals surface area contributed by atoms with Crippen molar-refractivity contribution in [3.63, 3.8) is 0 Å². The van der Waals surface area contributed by atoms with Crippen LogP contribution in [0.2, 0.25) is 5.02 Å². The maximum Gasteiger partial charge on any atom is 0.126 e. The van der Waals surface area contributed by atoms with Gasteiger partial charge in [-0.05, 0) is 31.2 Å². The number of ether oxygens (including phenoxy) is 2. The van der Waals surface area contributed by atoms with Crippen LogP contribution in [0.15, 0.2) is 24.5 Å². The van der Waals surface area contributed by atoms with Crippen molar-refractivity contribution in [2.45, 2.75) is 6.92 Å². The summed E-state index contributed by atoms with van der Waals surface area (Å²) in [6.45, 7) is 2.58. The van der Waals surface area contributed by atoms with Crippen LogP contribution in [0.4, 0.5) is 0 Å². The molecule has 0 radical (unpaired) electrons. The minimum atomic E-state index is 0.634. The Kier molecular flexibility index (Phi) is 4.33. The van der Waals surface area contributed by atoms with Gasteiger partial charge in [0.25, 0.3) is 0 Å². The fourth-order valence-electron chi connectivity index (χ4n) is 1.08. The molecule has 1 aromatic rings. The van der Waals surface area contributed by atoms with Crippen molar-refractivity contribution in [1.82, 2.24) is 0 Å². The molecule has 0 saturated carbocycles. The van der Waals surface area contributed by atoms with Gasteiger partial charge in [-0.15, -0.1) is 0 Å². The molecule has 14 heavy (non-hydrogen) atoms. The zero-order chi connectivity index (χ0) is 10.4. The van der Waals surface area contributed by atoms with E-state index in [4.69, 9.17) is 21.1 Å². The van der Waals surface area contributed by atoms with E-state index in [-0.39, 0.29) is 0 Å². The Morgan fingerprint density at radius 1 is 1.43 bits per heavy atom. The number of benzene rings is 1. The predicted octanol–water partition coefficient (Wildman–Crippen LogP) is 3.36. The first kappa shape index (κ1) is 10.9. The zero-order valence-corrected chi connectivity index (χ0v) is 9.04. The lowest BCUT2D eigenvalue weighted by Gasteiger charge is -2.06. The summed E-state index contributed by atoms with van der Waals surface area (Å²) in [5, 5.41) is 0.684. The van der Waals surface area contributed by atoms with Crippen molar-refractivity contribution in [3.05, 3.63) is 35.0 Å². The van der Waals surface area contributed by atoms with Gasteiger partial charge < -0.3 is 9.47 Å². The van der Waals surface area contributed by atoms with E-state index in [1.54, 1.807) is 19.4 Å². The molecule has 3 heteroatoms. The molecule has 2 nitrogen and oxygen atoms in total. The summed E-state index contributed by atoms with van der Waals surface area (Å²) in [5.41, 5.74) is 0.918. The first-order chi connectivity index (χ1) is 6.77. The average molecular weight is 213 g/mol. The zero-order valence-electron chi connectivity index (χ0n) is 8.29.